The zero-order chi connectivity index (χ0) is 28.6. The highest BCUT2D eigenvalue weighted by Crippen LogP contribution is 2.42. The molecule has 2 amide bonds. The number of methoxy groups -OCH3 is 1. The summed E-state index contributed by atoms with van der Waals surface area (Å²) < 4.78 is 25.2. The maximum Gasteiger partial charge on any atom is 0.338 e. The van der Waals surface area contributed by atoms with Gasteiger partial charge in [0.05, 0.1) is 36.3 Å². The number of allylic oxidation sites excluding steroid dienone is 1. The summed E-state index contributed by atoms with van der Waals surface area (Å²) >= 11 is 7.75. The number of nitrogens with zero attached hydrogens (tertiary/aromatic N) is 4. The van der Waals surface area contributed by atoms with E-state index >= 15 is 0 Å². The molecule has 10 nitrogen and oxygen atoms in total. The number of aliphatic imine (C=N–C) groups is 1. The molecule has 0 spiro atoms. The van der Waals surface area contributed by atoms with Crippen molar-refractivity contribution < 1.29 is 28.2 Å². The standard InChI is InChI=1S/C27H29ClFN5O5S/c1-4-39-26(36)20-17(12-14-8-10-34-18(13-33(2)27(34)37)19(14)25(35)38-3)31-23(24-30-9-11-40-24)32-22(20)15-6-5-7-16(29)21(15)28/h5-7,9,11,14,18-19,22H,4,8,10,12-13H2,1-3H3,(H,31,32)/t14?,18-,19+,22+/m1/s1. The van der Waals surface area contributed by atoms with E-state index in [0.717, 1.165) is 0 Å². The summed E-state index contributed by atoms with van der Waals surface area (Å²) in [6.07, 6.45) is 2.39. The number of carbonyl (C=O) groups is 3. The number of amidine groups is 1. The summed E-state index contributed by atoms with van der Waals surface area (Å²) in [4.78, 5) is 51.7. The Morgan fingerprint density at radius 3 is 2.83 bits per heavy atom. The molecular weight excluding hydrogens is 561 g/mol. The fourth-order valence-corrected chi connectivity index (χ4v) is 6.59. The van der Waals surface area contributed by atoms with Crippen molar-refractivity contribution in [2.24, 2.45) is 16.8 Å². The van der Waals surface area contributed by atoms with Crippen molar-refractivity contribution in [3.05, 3.63) is 62.5 Å². The maximum absolute atomic E-state index is 14.6. The van der Waals surface area contributed by atoms with Gasteiger partial charge in [-0.15, -0.1) is 11.3 Å². The number of ether oxygens (including phenoxy) is 2. The Hall–Kier alpha value is -3.51. The van der Waals surface area contributed by atoms with E-state index in [-0.39, 0.29) is 41.6 Å². The average Bonchev–Trinajstić information content (AvgIpc) is 3.58. The Balaban J connectivity index is 1.61. The van der Waals surface area contributed by atoms with Crippen LogP contribution in [0.2, 0.25) is 5.02 Å². The van der Waals surface area contributed by atoms with Crippen molar-refractivity contribution in [2.75, 3.05) is 33.9 Å². The number of halogens is 2. The van der Waals surface area contributed by atoms with Gasteiger partial charge in [0.25, 0.3) is 0 Å². The van der Waals surface area contributed by atoms with Gasteiger partial charge in [0.1, 0.15) is 11.9 Å². The Morgan fingerprint density at radius 2 is 2.12 bits per heavy atom. The van der Waals surface area contributed by atoms with Crippen molar-refractivity contribution in [1.29, 1.82) is 0 Å². The quantitative estimate of drug-likeness (QED) is 0.489. The highest BCUT2D eigenvalue weighted by atomic mass is 35.5. The van der Waals surface area contributed by atoms with E-state index in [1.165, 1.54) is 30.6 Å². The molecule has 4 heterocycles. The third-order valence-corrected chi connectivity index (χ3v) is 8.75. The molecule has 3 aliphatic rings. The minimum atomic E-state index is -0.978. The first-order chi connectivity index (χ1) is 19.2. The molecule has 3 aliphatic heterocycles. The van der Waals surface area contributed by atoms with Crippen molar-refractivity contribution in [1.82, 2.24) is 20.1 Å². The second kappa shape index (κ2) is 11.5. The Bertz CT molecular complexity index is 1380. The number of thiazole rings is 1. The largest absolute Gasteiger partial charge is 0.469 e. The van der Waals surface area contributed by atoms with E-state index in [0.29, 0.717) is 41.6 Å². The second-order valence-corrected chi connectivity index (χ2v) is 11.1. The summed E-state index contributed by atoms with van der Waals surface area (Å²) in [5.74, 6) is -2.19. The van der Waals surface area contributed by atoms with Gasteiger partial charge in [0, 0.05) is 43.0 Å². The first kappa shape index (κ1) is 28.0. The lowest BCUT2D eigenvalue weighted by Crippen LogP contribution is -2.51. The van der Waals surface area contributed by atoms with E-state index in [1.54, 1.807) is 41.4 Å². The van der Waals surface area contributed by atoms with Crippen molar-refractivity contribution in [3.63, 3.8) is 0 Å². The molecule has 2 fully saturated rings. The number of urea groups is 1. The number of fused-ring (bicyclic) bond motifs is 1. The molecule has 40 heavy (non-hydrogen) atoms. The minimum Gasteiger partial charge on any atom is -0.469 e. The second-order valence-electron chi connectivity index (χ2n) is 9.82. The van der Waals surface area contributed by atoms with Crippen LogP contribution < -0.4 is 5.32 Å². The lowest BCUT2D eigenvalue weighted by molar-refractivity contribution is -0.151. The molecule has 1 aromatic carbocycles. The van der Waals surface area contributed by atoms with Crippen molar-refractivity contribution in [2.45, 2.75) is 31.8 Å². The molecule has 2 aromatic rings. The third-order valence-electron chi connectivity index (χ3n) is 7.57. The van der Waals surface area contributed by atoms with Gasteiger partial charge in [0.2, 0.25) is 0 Å². The van der Waals surface area contributed by atoms with Gasteiger partial charge < -0.3 is 24.6 Å². The molecule has 5 rings (SSSR count). The number of aromatic nitrogens is 1. The Labute approximate surface area is 239 Å². The fourth-order valence-electron chi connectivity index (χ4n) is 5.77. The average molecular weight is 590 g/mol. The number of benzene rings is 1. The zero-order valence-corrected chi connectivity index (χ0v) is 23.8. The monoisotopic (exact) mass is 589 g/mol. The Morgan fingerprint density at radius 1 is 1.32 bits per heavy atom. The van der Waals surface area contributed by atoms with Gasteiger partial charge in [-0.25, -0.2) is 19.0 Å². The molecule has 1 N–H and O–H groups in total. The highest BCUT2D eigenvalue weighted by molar-refractivity contribution is 7.11. The maximum atomic E-state index is 14.6. The van der Waals surface area contributed by atoms with E-state index in [9.17, 15) is 18.8 Å². The van der Waals surface area contributed by atoms with Gasteiger partial charge in [-0.1, -0.05) is 23.7 Å². The van der Waals surface area contributed by atoms with Crippen molar-refractivity contribution >= 4 is 46.7 Å². The predicted molar refractivity (Wildman–Crippen MR) is 146 cm³/mol. The van der Waals surface area contributed by atoms with Crippen LogP contribution in [0.15, 0.2) is 46.0 Å². The van der Waals surface area contributed by atoms with Gasteiger partial charge in [-0.2, -0.15) is 0 Å². The Kier molecular flexibility index (Phi) is 8.09. The lowest BCUT2D eigenvalue weighted by atomic mass is 9.76. The number of esters is 2. The normalized spacial score (nSPS) is 24.4. The molecule has 1 unspecified atom stereocenters. The number of hydrogen-bond acceptors (Lipinski definition) is 9. The first-order valence-electron chi connectivity index (χ1n) is 12.9. The van der Waals surface area contributed by atoms with Crippen molar-refractivity contribution in [3.8, 4) is 0 Å². The number of amides is 2. The summed E-state index contributed by atoms with van der Waals surface area (Å²) in [5.41, 5.74) is 0.967. The van der Waals surface area contributed by atoms with Gasteiger partial charge >= 0.3 is 18.0 Å². The summed E-state index contributed by atoms with van der Waals surface area (Å²) in [6, 6.07) is 2.90. The number of piperidine rings is 1. The summed E-state index contributed by atoms with van der Waals surface area (Å²) in [5, 5.41) is 5.50. The molecule has 1 aromatic heterocycles. The minimum absolute atomic E-state index is 0.113. The zero-order valence-electron chi connectivity index (χ0n) is 22.2. The van der Waals surface area contributed by atoms with E-state index in [1.807, 2.05) is 0 Å². The van der Waals surface area contributed by atoms with Gasteiger partial charge in [0.15, 0.2) is 10.8 Å². The van der Waals surface area contributed by atoms with Crippen LogP contribution >= 0.6 is 22.9 Å². The molecule has 4 atom stereocenters. The van der Waals surface area contributed by atoms with Crippen LogP contribution in [-0.2, 0) is 19.1 Å². The first-order valence-corrected chi connectivity index (χ1v) is 14.2. The van der Waals surface area contributed by atoms with Crippen LogP contribution in [0.5, 0.6) is 0 Å². The van der Waals surface area contributed by atoms with E-state index in [2.05, 4.69) is 10.3 Å². The number of hydrogen-bond donors (Lipinski definition) is 1. The molecule has 2 saturated heterocycles. The molecule has 0 saturated carbocycles. The molecule has 0 aliphatic carbocycles. The number of carbonyl (C=O) groups excluding carboxylic acids is 3. The summed E-state index contributed by atoms with van der Waals surface area (Å²) in [7, 11) is 3.04. The van der Waals surface area contributed by atoms with Crippen LogP contribution in [-0.4, -0.2) is 78.5 Å². The highest BCUT2D eigenvalue weighted by Gasteiger charge is 2.50. The SMILES string of the molecule is CCOC(=O)C1=C(CC2CCN3C(=O)N(C)C[C@@H]3[C@H]2C(=O)OC)NC(c2nccs2)=N[C@H]1c1cccc(F)c1Cl. The number of likely N-dealkylation sites (N-methyl/N-ethyl adjacent to an activating group) is 1. The molecular formula is C27H29ClFN5O5S. The van der Waals surface area contributed by atoms with E-state index < -0.39 is 29.7 Å². The molecule has 0 radical (unpaired) electrons. The fraction of sp³-hybridized carbons (Fsp3) is 0.444. The lowest BCUT2D eigenvalue weighted by Gasteiger charge is -2.40. The van der Waals surface area contributed by atoms with Gasteiger partial charge in [-0.3, -0.25) is 9.79 Å². The van der Waals surface area contributed by atoms with Crippen LogP contribution in [0, 0.1) is 17.7 Å². The van der Waals surface area contributed by atoms with Crippen LogP contribution in [0.25, 0.3) is 0 Å². The smallest absolute Gasteiger partial charge is 0.338 e. The third kappa shape index (κ3) is 5.05. The number of rotatable bonds is 7. The summed E-state index contributed by atoms with van der Waals surface area (Å²) in [6.45, 7) is 2.65. The molecule has 0 bridgehead atoms. The van der Waals surface area contributed by atoms with E-state index in [4.69, 9.17) is 26.1 Å². The topological polar surface area (TPSA) is 113 Å². The van der Waals surface area contributed by atoms with Gasteiger partial charge in [-0.05, 0) is 31.7 Å². The van der Waals surface area contributed by atoms with Crippen LogP contribution in [0.1, 0.15) is 36.4 Å². The van der Waals surface area contributed by atoms with Crippen LogP contribution in [0.4, 0.5) is 9.18 Å². The predicted octanol–water partition coefficient (Wildman–Crippen LogP) is 3.78. The molecule has 212 valence electrons. The van der Waals surface area contributed by atoms with Crippen LogP contribution in [0.3, 0.4) is 0 Å². The molecule has 13 heteroatoms. The number of nitrogens with one attached hydrogen (secondary N) is 1.